The summed E-state index contributed by atoms with van der Waals surface area (Å²) in [5.41, 5.74) is 2.51. The molecule has 1 atom stereocenters. The summed E-state index contributed by atoms with van der Waals surface area (Å²) in [4.78, 5) is 2.53. The number of piperidine rings is 3. The van der Waals surface area contributed by atoms with E-state index in [9.17, 15) is 0 Å². The standard InChI is InChI=1S/C19H20INO/c20-17-5-1-14(2-6-17)15-3-7-18(8-4-15)22-19-13-21-11-9-16(19)10-12-21/h1-8,16,19H,9-13H2. The first kappa shape index (κ1) is 14.5. The van der Waals surface area contributed by atoms with Crippen LogP contribution in [0.4, 0.5) is 0 Å². The number of fused-ring (bicyclic) bond motifs is 3. The maximum Gasteiger partial charge on any atom is 0.119 e. The molecule has 0 radical (unpaired) electrons. The second-order valence-corrected chi connectivity index (χ2v) is 7.57. The van der Waals surface area contributed by atoms with Crippen LogP contribution in [-0.2, 0) is 0 Å². The average Bonchev–Trinajstić information content (AvgIpc) is 2.58. The number of rotatable bonds is 3. The lowest BCUT2D eigenvalue weighted by Crippen LogP contribution is -2.52. The van der Waals surface area contributed by atoms with E-state index in [2.05, 4.69) is 76.0 Å². The minimum atomic E-state index is 0.381. The third kappa shape index (κ3) is 3.01. The molecular formula is C19H20INO. The van der Waals surface area contributed by atoms with Gasteiger partial charge in [0.05, 0.1) is 0 Å². The van der Waals surface area contributed by atoms with Crippen molar-refractivity contribution in [1.29, 1.82) is 0 Å². The fraction of sp³-hybridized carbons (Fsp3) is 0.368. The lowest BCUT2D eigenvalue weighted by Gasteiger charge is -2.44. The Hall–Kier alpha value is -1.07. The lowest BCUT2D eigenvalue weighted by molar-refractivity contribution is -0.00775. The maximum atomic E-state index is 6.26. The van der Waals surface area contributed by atoms with E-state index in [0.717, 1.165) is 18.2 Å². The Bertz CT molecular complexity index is 629. The van der Waals surface area contributed by atoms with Gasteiger partial charge in [-0.1, -0.05) is 24.3 Å². The molecule has 3 aliphatic rings. The third-order valence-electron chi connectivity index (χ3n) is 4.92. The number of nitrogens with zero attached hydrogens (tertiary/aromatic N) is 1. The number of hydrogen-bond donors (Lipinski definition) is 0. The van der Waals surface area contributed by atoms with Crippen LogP contribution in [0, 0.1) is 9.49 Å². The summed E-state index contributed by atoms with van der Waals surface area (Å²) >= 11 is 2.34. The number of benzene rings is 2. The van der Waals surface area contributed by atoms with E-state index in [4.69, 9.17) is 4.74 Å². The van der Waals surface area contributed by atoms with Crippen LogP contribution >= 0.6 is 22.6 Å². The molecule has 2 aromatic rings. The Labute approximate surface area is 145 Å². The number of halogens is 1. The molecule has 2 nitrogen and oxygen atoms in total. The summed E-state index contributed by atoms with van der Waals surface area (Å²) in [5, 5.41) is 0. The highest BCUT2D eigenvalue weighted by Crippen LogP contribution is 2.31. The van der Waals surface area contributed by atoms with Crippen LogP contribution in [-0.4, -0.2) is 30.6 Å². The van der Waals surface area contributed by atoms with Crippen LogP contribution in [0.5, 0.6) is 5.75 Å². The highest BCUT2D eigenvalue weighted by Gasteiger charge is 2.35. The zero-order valence-electron chi connectivity index (χ0n) is 12.5. The third-order valence-corrected chi connectivity index (χ3v) is 5.63. The van der Waals surface area contributed by atoms with Crippen molar-refractivity contribution in [2.24, 2.45) is 5.92 Å². The highest BCUT2D eigenvalue weighted by molar-refractivity contribution is 14.1. The van der Waals surface area contributed by atoms with Crippen LogP contribution in [0.3, 0.4) is 0 Å². The Balaban J connectivity index is 1.46. The zero-order valence-corrected chi connectivity index (χ0v) is 14.7. The van der Waals surface area contributed by atoms with Crippen molar-refractivity contribution in [2.45, 2.75) is 18.9 Å². The van der Waals surface area contributed by atoms with Crippen molar-refractivity contribution in [3.8, 4) is 16.9 Å². The molecule has 0 aliphatic carbocycles. The molecule has 0 saturated carbocycles. The molecule has 1 unspecified atom stereocenters. The normalized spacial score (nSPS) is 26.9. The molecule has 3 aliphatic heterocycles. The predicted molar refractivity (Wildman–Crippen MR) is 98.2 cm³/mol. The molecule has 0 aromatic heterocycles. The van der Waals surface area contributed by atoms with Gasteiger partial charge in [0.1, 0.15) is 11.9 Å². The van der Waals surface area contributed by atoms with Crippen LogP contribution < -0.4 is 4.74 Å². The van der Waals surface area contributed by atoms with Gasteiger partial charge in [0, 0.05) is 10.1 Å². The molecule has 2 bridgehead atoms. The number of hydrogen-bond acceptors (Lipinski definition) is 2. The smallest absolute Gasteiger partial charge is 0.119 e. The molecule has 3 heterocycles. The predicted octanol–water partition coefficient (Wildman–Crippen LogP) is 4.43. The van der Waals surface area contributed by atoms with Gasteiger partial charge in [0.25, 0.3) is 0 Å². The van der Waals surface area contributed by atoms with E-state index >= 15 is 0 Å². The van der Waals surface area contributed by atoms with E-state index < -0.39 is 0 Å². The fourth-order valence-corrected chi connectivity index (χ4v) is 3.95. The van der Waals surface area contributed by atoms with Crippen LogP contribution in [0.15, 0.2) is 48.5 Å². The van der Waals surface area contributed by atoms with Crippen molar-refractivity contribution in [3.05, 3.63) is 52.1 Å². The summed E-state index contributed by atoms with van der Waals surface area (Å²) in [5.74, 6) is 1.76. The molecule has 0 spiro atoms. The van der Waals surface area contributed by atoms with Gasteiger partial charge in [-0.25, -0.2) is 0 Å². The monoisotopic (exact) mass is 405 g/mol. The van der Waals surface area contributed by atoms with Gasteiger partial charge >= 0.3 is 0 Å². The van der Waals surface area contributed by atoms with Gasteiger partial charge in [-0.15, -0.1) is 0 Å². The van der Waals surface area contributed by atoms with E-state index in [0.29, 0.717) is 6.10 Å². The van der Waals surface area contributed by atoms with E-state index in [-0.39, 0.29) is 0 Å². The minimum absolute atomic E-state index is 0.381. The summed E-state index contributed by atoms with van der Waals surface area (Å²) in [7, 11) is 0. The summed E-state index contributed by atoms with van der Waals surface area (Å²) in [6.07, 6.45) is 2.98. The minimum Gasteiger partial charge on any atom is -0.489 e. The first-order valence-corrected chi connectivity index (χ1v) is 9.11. The fourth-order valence-electron chi connectivity index (χ4n) is 3.59. The molecule has 0 amide bonds. The maximum absolute atomic E-state index is 6.26. The highest BCUT2D eigenvalue weighted by atomic mass is 127. The molecule has 0 N–H and O–H groups in total. The van der Waals surface area contributed by atoms with Crippen LogP contribution in [0.1, 0.15) is 12.8 Å². The van der Waals surface area contributed by atoms with Gasteiger partial charge in [0.15, 0.2) is 0 Å². The lowest BCUT2D eigenvalue weighted by atomic mass is 9.86. The topological polar surface area (TPSA) is 12.5 Å². The van der Waals surface area contributed by atoms with Crippen molar-refractivity contribution in [3.63, 3.8) is 0 Å². The van der Waals surface area contributed by atoms with E-state index in [1.54, 1.807) is 0 Å². The summed E-state index contributed by atoms with van der Waals surface area (Å²) in [6.45, 7) is 3.62. The average molecular weight is 405 g/mol. The second kappa shape index (κ2) is 6.20. The van der Waals surface area contributed by atoms with Gasteiger partial charge in [0.2, 0.25) is 0 Å². The van der Waals surface area contributed by atoms with Crippen molar-refractivity contribution < 1.29 is 4.74 Å². The number of ether oxygens (including phenoxy) is 1. The Morgan fingerprint density at radius 2 is 1.45 bits per heavy atom. The molecule has 3 saturated heterocycles. The summed E-state index contributed by atoms with van der Waals surface area (Å²) in [6, 6.07) is 17.2. The second-order valence-electron chi connectivity index (χ2n) is 6.33. The first-order chi connectivity index (χ1) is 10.8. The molecule has 5 rings (SSSR count). The quantitative estimate of drug-likeness (QED) is 0.701. The Morgan fingerprint density at radius 1 is 0.864 bits per heavy atom. The Morgan fingerprint density at radius 3 is 2.00 bits per heavy atom. The molecular weight excluding hydrogens is 385 g/mol. The zero-order chi connectivity index (χ0) is 14.9. The summed E-state index contributed by atoms with van der Waals surface area (Å²) < 4.78 is 7.52. The van der Waals surface area contributed by atoms with Crippen LogP contribution in [0.25, 0.3) is 11.1 Å². The van der Waals surface area contributed by atoms with E-state index in [1.807, 2.05) is 0 Å². The molecule has 3 heteroatoms. The van der Waals surface area contributed by atoms with Crippen molar-refractivity contribution in [2.75, 3.05) is 19.6 Å². The van der Waals surface area contributed by atoms with Crippen LogP contribution in [0.2, 0.25) is 0 Å². The van der Waals surface area contributed by atoms with Gasteiger partial charge < -0.3 is 4.74 Å². The Kier molecular flexibility index (Phi) is 4.09. The molecule has 114 valence electrons. The largest absolute Gasteiger partial charge is 0.489 e. The van der Waals surface area contributed by atoms with Crippen molar-refractivity contribution in [1.82, 2.24) is 4.90 Å². The molecule has 3 fully saturated rings. The van der Waals surface area contributed by atoms with Crippen molar-refractivity contribution >= 4 is 22.6 Å². The molecule has 22 heavy (non-hydrogen) atoms. The van der Waals surface area contributed by atoms with Gasteiger partial charge in [-0.05, 0) is 89.8 Å². The molecule has 2 aromatic carbocycles. The van der Waals surface area contributed by atoms with E-state index in [1.165, 1.54) is 40.6 Å². The van der Waals surface area contributed by atoms with Gasteiger partial charge in [-0.3, -0.25) is 4.90 Å². The SMILES string of the molecule is Ic1ccc(-c2ccc(OC3CN4CCC3CC4)cc2)cc1. The van der Waals surface area contributed by atoms with Gasteiger partial charge in [-0.2, -0.15) is 0 Å². The first-order valence-electron chi connectivity index (χ1n) is 8.03.